The van der Waals surface area contributed by atoms with Crippen molar-refractivity contribution in [2.75, 3.05) is 13.2 Å². The lowest BCUT2D eigenvalue weighted by Gasteiger charge is -2.38. The zero-order chi connectivity index (χ0) is 24.5. The highest BCUT2D eigenvalue weighted by molar-refractivity contribution is 6.35. The molecule has 6 rings (SSSR count). The largest absolute Gasteiger partial charge is 0.374 e. The SMILES string of the molecule is Clc1nc(Cl)c2ncn([C@@H]3O[C@@]4(COCc5ccccc5)CCNC3C4OCc3ccccc3)c2n1. The third kappa shape index (κ3) is 4.49. The number of hydrogen-bond donors (Lipinski definition) is 1. The first-order valence-electron chi connectivity index (χ1n) is 11.9. The molecule has 0 radical (unpaired) electrons. The number of rotatable bonds is 8. The summed E-state index contributed by atoms with van der Waals surface area (Å²) in [6, 6.07) is 20.1. The van der Waals surface area contributed by atoms with Crippen molar-refractivity contribution in [1.82, 2.24) is 24.8 Å². The molecule has 2 aromatic carbocycles. The number of aromatic nitrogens is 4. The minimum Gasteiger partial charge on any atom is -0.374 e. The van der Waals surface area contributed by atoms with Crippen LogP contribution in [0.15, 0.2) is 67.0 Å². The average Bonchev–Trinajstić information content (AvgIpc) is 3.38. The van der Waals surface area contributed by atoms with Gasteiger partial charge in [-0.25, -0.2) is 9.97 Å². The van der Waals surface area contributed by atoms with Gasteiger partial charge in [0.2, 0.25) is 5.28 Å². The summed E-state index contributed by atoms with van der Waals surface area (Å²) in [5.41, 5.74) is 2.54. The Balaban J connectivity index is 1.31. The van der Waals surface area contributed by atoms with Gasteiger partial charge in [0.25, 0.3) is 0 Å². The van der Waals surface area contributed by atoms with Crippen molar-refractivity contribution in [1.29, 1.82) is 0 Å². The van der Waals surface area contributed by atoms with Crippen molar-refractivity contribution in [3.05, 3.63) is 88.6 Å². The molecule has 2 aliphatic rings. The lowest BCUT2D eigenvalue weighted by atomic mass is 9.87. The lowest BCUT2D eigenvalue weighted by molar-refractivity contribution is -0.160. The number of imidazole rings is 1. The number of nitrogens with one attached hydrogen (secondary N) is 1. The molecule has 0 spiro atoms. The van der Waals surface area contributed by atoms with E-state index in [0.29, 0.717) is 31.0 Å². The van der Waals surface area contributed by atoms with Crippen LogP contribution in [0.1, 0.15) is 23.8 Å². The Labute approximate surface area is 218 Å². The van der Waals surface area contributed by atoms with Crippen LogP contribution in [-0.4, -0.2) is 50.4 Å². The second-order valence-electron chi connectivity index (χ2n) is 9.11. The van der Waals surface area contributed by atoms with Gasteiger partial charge in [0, 0.05) is 0 Å². The van der Waals surface area contributed by atoms with E-state index in [1.807, 2.05) is 41.0 Å². The molecule has 2 aliphatic heterocycles. The first-order chi connectivity index (χ1) is 17.6. The fraction of sp³-hybridized carbons (Fsp3) is 0.346. The normalized spacial score (nSPS) is 25.4. The predicted octanol–water partition coefficient (Wildman–Crippen LogP) is 4.56. The van der Waals surface area contributed by atoms with Gasteiger partial charge in [0.1, 0.15) is 17.2 Å². The number of benzene rings is 2. The molecule has 2 unspecified atom stereocenters. The van der Waals surface area contributed by atoms with Crippen LogP contribution in [0.4, 0.5) is 0 Å². The summed E-state index contributed by atoms with van der Waals surface area (Å²) in [6.45, 7) is 2.11. The van der Waals surface area contributed by atoms with E-state index in [4.69, 9.17) is 37.4 Å². The highest BCUT2D eigenvalue weighted by Gasteiger charge is 2.59. The van der Waals surface area contributed by atoms with Gasteiger partial charge in [0.05, 0.1) is 32.2 Å². The number of piperidine rings is 1. The van der Waals surface area contributed by atoms with Crippen molar-refractivity contribution >= 4 is 34.4 Å². The summed E-state index contributed by atoms with van der Waals surface area (Å²) in [5, 5.41) is 3.86. The van der Waals surface area contributed by atoms with Crippen LogP contribution in [0.5, 0.6) is 0 Å². The smallest absolute Gasteiger partial charge is 0.225 e. The molecule has 10 heteroatoms. The minimum absolute atomic E-state index is 0.0564. The van der Waals surface area contributed by atoms with Crippen LogP contribution in [0.2, 0.25) is 10.4 Å². The number of fused-ring (bicyclic) bond motifs is 3. The molecule has 4 atom stereocenters. The van der Waals surface area contributed by atoms with Crippen LogP contribution in [0.25, 0.3) is 11.2 Å². The van der Waals surface area contributed by atoms with Crippen molar-refractivity contribution in [3.63, 3.8) is 0 Å². The van der Waals surface area contributed by atoms with Gasteiger partial charge < -0.3 is 19.5 Å². The van der Waals surface area contributed by atoms with Gasteiger partial charge in [0.15, 0.2) is 17.0 Å². The Kier molecular flexibility index (Phi) is 6.64. The molecule has 8 nitrogen and oxygen atoms in total. The maximum absolute atomic E-state index is 6.81. The van der Waals surface area contributed by atoms with Gasteiger partial charge in [-0.05, 0) is 35.7 Å². The molecule has 2 fully saturated rings. The van der Waals surface area contributed by atoms with Crippen LogP contribution < -0.4 is 5.32 Å². The molecule has 36 heavy (non-hydrogen) atoms. The van der Waals surface area contributed by atoms with E-state index < -0.39 is 11.8 Å². The van der Waals surface area contributed by atoms with Gasteiger partial charge >= 0.3 is 0 Å². The van der Waals surface area contributed by atoms with E-state index in [9.17, 15) is 0 Å². The second-order valence-corrected chi connectivity index (χ2v) is 9.80. The highest BCUT2D eigenvalue weighted by Crippen LogP contribution is 2.45. The maximum Gasteiger partial charge on any atom is 0.225 e. The lowest BCUT2D eigenvalue weighted by Crippen LogP contribution is -2.58. The topological polar surface area (TPSA) is 83.3 Å². The summed E-state index contributed by atoms with van der Waals surface area (Å²) < 4.78 is 21.5. The molecule has 0 amide bonds. The maximum atomic E-state index is 6.81. The molecule has 4 heterocycles. The molecule has 2 bridgehead atoms. The van der Waals surface area contributed by atoms with Crippen molar-refractivity contribution in [3.8, 4) is 0 Å². The van der Waals surface area contributed by atoms with E-state index in [-0.39, 0.29) is 22.6 Å². The summed E-state index contributed by atoms with van der Waals surface area (Å²) >= 11 is 12.4. The van der Waals surface area contributed by atoms with Gasteiger partial charge in [-0.15, -0.1) is 0 Å². The van der Waals surface area contributed by atoms with Crippen LogP contribution in [-0.2, 0) is 27.4 Å². The molecule has 2 saturated heterocycles. The number of hydrogen-bond acceptors (Lipinski definition) is 7. The monoisotopic (exact) mass is 525 g/mol. The fourth-order valence-electron chi connectivity index (χ4n) is 5.11. The highest BCUT2D eigenvalue weighted by atomic mass is 35.5. The summed E-state index contributed by atoms with van der Waals surface area (Å²) in [7, 11) is 0. The third-order valence-electron chi connectivity index (χ3n) is 6.79. The Bertz CT molecular complexity index is 1340. The standard InChI is InChI=1S/C26H25Cl2N5O3/c27-22-20-23(32-25(28)31-22)33(16-30-20)24-19-21(35-14-18-9-5-2-6-10-18)26(36-24,11-12-29-19)15-34-13-17-7-3-1-4-8-17/h1-10,16,19,21,24,29H,11-15H2/t19?,21?,24-,26-/m1/s1. The Morgan fingerprint density at radius 1 is 1.00 bits per heavy atom. The van der Waals surface area contributed by atoms with E-state index in [2.05, 4.69) is 44.5 Å². The van der Waals surface area contributed by atoms with E-state index >= 15 is 0 Å². The first kappa shape index (κ1) is 23.8. The zero-order valence-electron chi connectivity index (χ0n) is 19.4. The van der Waals surface area contributed by atoms with Crippen LogP contribution in [0, 0.1) is 0 Å². The predicted molar refractivity (Wildman–Crippen MR) is 136 cm³/mol. The molecule has 0 aliphatic carbocycles. The average molecular weight is 526 g/mol. The minimum atomic E-state index is -0.651. The summed E-state index contributed by atoms with van der Waals surface area (Å²) in [4.78, 5) is 12.8. The summed E-state index contributed by atoms with van der Waals surface area (Å²) in [6.07, 6.45) is 1.69. The van der Waals surface area contributed by atoms with Gasteiger partial charge in [-0.3, -0.25) is 4.57 Å². The van der Waals surface area contributed by atoms with Crippen molar-refractivity contribution in [2.24, 2.45) is 0 Å². The first-order valence-corrected chi connectivity index (χ1v) is 12.6. The van der Waals surface area contributed by atoms with E-state index in [0.717, 1.165) is 24.1 Å². The molecular formula is C26H25Cl2N5O3. The number of halogens is 2. The Hall–Kier alpha value is -2.59. The Morgan fingerprint density at radius 3 is 2.47 bits per heavy atom. The van der Waals surface area contributed by atoms with E-state index in [1.165, 1.54) is 0 Å². The molecular weight excluding hydrogens is 501 g/mol. The molecule has 2 aromatic heterocycles. The van der Waals surface area contributed by atoms with Crippen LogP contribution in [0.3, 0.4) is 0 Å². The second kappa shape index (κ2) is 10.0. The summed E-state index contributed by atoms with van der Waals surface area (Å²) in [5.74, 6) is 0. The molecule has 186 valence electrons. The quantitative estimate of drug-likeness (QED) is 0.266. The molecule has 4 aromatic rings. The molecule has 0 saturated carbocycles. The number of ether oxygens (including phenoxy) is 3. The Morgan fingerprint density at radius 2 is 1.72 bits per heavy atom. The van der Waals surface area contributed by atoms with Gasteiger partial charge in [-0.2, -0.15) is 4.98 Å². The van der Waals surface area contributed by atoms with E-state index in [1.54, 1.807) is 6.33 Å². The fourth-order valence-corrected chi connectivity index (χ4v) is 5.53. The third-order valence-corrected chi connectivity index (χ3v) is 7.22. The van der Waals surface area contributed by atoms with Gasteiger partial charge in [-0.1, -0.05) is 72.3 Å². The number of nitrogens with zero attached hydrogens (tertiary/aromatic N) is 4. The van der Waals surface area contributed by atoms with Crippen molar-refractivity contribution in [2.45, 2.75) is 43.6 Å². The zero-order valence-corrected chi connectivity index (χ0v) is 20.9. The molecule has 1 N–H and O–H groups in total. The van der Waals surface area contributed by atoms with Crippen LogP contribution >= 0.6 is 23.2 Å². The van der Waals surface area contributed by atoms with Crippen molar-refractivity contribution < 1.29 is 14.2 Å².